The fraction of sp³-hybridized carbons (Fsp3) is 0.136. The number of carbonyl (C=O) groups is 1. The molecular weight excluding hydrogens is 386 g/mol. The molecule has 0 radical (unpaired) electrons. The molecule has 0 aliphatic rings. The summed E-state index contributed by atoms with van der Waals surface area (Å²) in [6, 6.07) is 16.3. The van der Waals surface area contributed by atoms with Crippen LogP contribution in [0.2, 0.25) is 0 Å². The van der Waals surface area contributed by atoms with Crippen molar-refractivity contribution < 1.29 is 9.21 Å². The fourth-order valence-electron chi connectivity index (χ4n) is 3.16. The molecule has 0 aliphatic heterocycles. The highest BCUT2D eigenvalue weighted by atomic mass is 32.1. The highest BCUT2D eigenvalue weighted by molar-refractivity contribution is 7.71. The number of carbonyl (C=O) groups excluding carboxylic acids is 1. The van der Waals surface area contributed by atoms with Crippen LogP contribution in [-0.2, 0) is 13.6 Å². The van der Waals surface area contributed by atoms with Crippen molar-refractivity contribution in [2.75, 3.05) is 4.90 Å². The molecule has 7 heteroatoms. The molecule has 4 rings (SSSR count). The number of nitrogens with one attached hydrogen (secondary N) is 1. The number of benzene rings is 2. The quantitative estimate of drug-likeness (QED) is 0.513. The minimum atomic E-state index is -0.202. The highest BCUT2D eigenvalue weighted by Gasteiger charge is 2.20. The summed E-state index contributed by atoms with van der Waals surface area (Å²) in [5.41, 5.74) is 2.64. The monoisotopic (exact) mass is 405 g/mol. The lowest BCUT2D eigenvalue weighted by Gasteiger charge is -2.22. The normalized spacial score (nSPS) is 11.0. The molecule has 6 nitrogen and oxygen atoms in total. The number of furan rings is 1. The standard InChI is InChI=1S/C22H19N3O3S/c1-14-5-8-16(9-6-14)25(13-17-4-3-11-28-17)20(26)15-7-10-18-19(12-15)23-22(29)24(2)21(18)27/h3-12H,13H2,1-2H3,(H,23,29). The molecular formula is C22H19N3O3S. The van der Waals surface area contributed by atoms with E-state index in [4.69, 9.17) is 16.6 Å². The number of rotatable bonds is 4. The van der Waals surface area contributed by atoms with E-state index >= 15 is 0 Å². The van der Waals surface area contributed by atoms with E-state index in [2.05, 4.69) is 4.98 Å². The largest absolute Gasteiger partial charge is 0.467 e. The first-order valence-electron chi connectivity index (χ1n) is 9.08. The molecule has 1 amide bonds. The molecule has 0 bridgehead atoms. The van der Waals surface area contributed by atoms with Gasteiger partial charge in [0.05, 0.1) is 23.7 Å². The Balaban J connectivity index is 1.79. The first kappa shape index (κ1) is 18.9. The SMILES string of the molecule is Cc1ccc(N(Cc2ccco2)C(=O)c2ccc3c(=O)n(C)c(=S)[nH]c3c2)cc1. The number of aromatic amines is 1. The van der Waals surface area contributed by atoms with Crippen LogP contribution in [0.3, 0.4) is 0 Å². The van der Waals surface area contributed by atoms with Gasteiger partial charge in [0.15, 0.2) is 4.77 Å². The Labute approximate surface area is 172 Å². The fourth-order valence-corrected chi connectivity index (χ4v) is 3.35. The molecule has 0 unspecified atom stereocenters. The van der Waals surface area contributed by atoms with Gasteiger partial charge in [-0.15, -0.1) is 0 Å². The molecule has 2 aromatic carbocycles. The van der Waals surface area contributed by atoms with E-state index in [1.54, 1.807) is 42.5 Å². The molecule has 29 heavy (non-hydrogen) atoms. The predicted octanol–water partition coefficient (Wildman–Crippen LogP) is 4.34. The number of hydrogen-bond donors (Lipinski definition) is 1. The zero-order valence-electron chi connectivity index (χ0n) is 16.0. The van der Waals surface area contributed by atoms with E-state index in [0.717, 1.165) is 11.3 Å². The van der Waals surface area contributed by atoms with E-state index < -0.39 is 0 Å². The van der Waals surface area contributed by atoms with Gasteiger partial charge in [0.2, 0.25) is 0 Å². The molecule has 0 atom stereocenters. The van der Waals surface area contributed by atoms with E-state index in [1.807, 2.05) is 37.3 Å². The first-order chi connectivity index (χ1) is 13.9. The molecule has 0 saturated carbocycles. The number of hydrogen-bond acceptors (Lipinski definition) is 4. The number of H-pyrrole nitrogens is 1. The zero-order chi connectivity index (χ0) is 20.5. The summed E-state index contributed by atoms with van der Waals surface area (Å²) in [6.45, 7) is 2.29. The van der Waals surface area contributed by atoms with Crippen LogP contribution in [0.25, 0.3) is 10.9 Å². The molecule has 146 valence electrons. The Bertz CT molecular complexity index is 1300. The predicted molar refractivity (Wildman–Crippen MR) is 115 cm³/mol. The van der Waals surface area contributed by atoms with Gasteiger partial charge in [-0.1, -0.05) is 17.7 Å². The molecule has 0 aliphatic carbocycles. The Hall–Kier alpha value is -3.45. The minimum Gasteiger partial charge on any atom is -0.467 e. The summed E-state index contributed by atoms with van der Waals surface area (Å²) in [5, 5.41) is 0.477. The zero-order valence-corrected chi connectivity index (χ0v) is 16.8. The van der Waals surface area contributed by atoms with E-state index in [1.165, 1.54) is 4.57 Å². The highest BCUT2D eigenvalue weighted by Crippen LogP contribution is 2.22. The second-order valence-corrected chi connectivity index (χ2v) is 7.25. The molecule has 4 aromatic rings. The van der Waals surface area contributed by atoms with Gasteiger partial charge in [-0.2, -0.15) is 0 Å². The van der Waals surface area contributed by atoms with Crippen molar-refractivity contribution in [3.63, 3.8) is 0 Å². The maximum atomic E-state index is 13.4. The van der Waals surface area contributed by atoms with Gasteiger partial charge in [0.1, 0.15) is 5.76 Å². The topological polar surface area (TPSA) is 71.2 Å². The number of anilines is 1. The van der Waals surface area contributed by atoms with Crippen LogP contribution in [0.5, 0.6) is 0 Å². The van der Waals surface area contributed by atoms with Crippen molar-refractivity contribution in [3.8, 4) is 0 Å². The average Bonchev–Trinajstić information content (AvgIpc) is 3.23. The van der Waals surface area contributed by atoms with Crippen molar-refractivity contribution >= 4 is 34.7 Å². The van der Waals surface area contributed by atoms with Crippen LogP contribution >= 0.6 is 12.2 Å². The summed E-state index contributed by atoms with van der Waals surface area (Å²) < 4.78 is 7.13. The lowest BCUT2D eigenvalue weighted by atomic mass is 10.1. The summed E-state index contributed by atoms with van der Waals surface area (Å²) in [5.74, 6) is 0.472. The lowest BCUT2D eigenvalue weighted by Crippen LogP contribution is -2.30. The number of amides is 1. The smallest absolute Gasteiger partial charge is 0.261 e. The van der Waals surface area contributed by atoms with Gasteiger partial charge < -0.3 is 14.3 Å². The van der Waals surface area contributed by atoms with Gasteiger partial charge in [-0.25, -0.2) is 0 Å². The first-order valence-corrected chi connectivity index (χ1v) is 9.49. The molecule has 0 fully saturated rings. The molecule has 1 N–H and O–H groups in total. The third-order valence-electron chi connectivity index (χ3n) is 4.83. The van der Waals surface area contributed by atoms with Gasteiger partial charge in [0.25, 0.3) is 11.5 Å². The third kappa shape index (κ3) is 3.64. The van der Waals surface area contributed by atoms with E-state index in [-0.39, 0.29) is 11.5 Å². The van der Waals surface area contributed by atoms with Gasteiger partial charge in [0, 0.05) is 18.3 Å². The molecule has 0 saturated heterocycles. The number of aryl methyl sites for hydroxylation is 1. The number of fused-ring (bicyclic) bond motifs is 1. The van der Waals surface area contributed by atoms with E-state index in [0.29, 0.717) is 33.5 Å². The van der Waals surface area contributed by atoms with Crippen LogP contribution in [-0.4, -0.2) is 15.5 Å². The average molecular weight is 405 g/mol. The minimum absolute atomic E-state index is 0.200. The Morgan fingerprint density at radius 3 is 2.62 bits per heavy atom. The van der Waals surface area contributed by atoms with Gasteiger partial charge in [-0.3, -0.25) is 14.2 Å². The Morgan fingerprint density at radius 1 is 1.17 bits per heavy atom. The van der Waals surface area contributed by atoms with Crippen LogP contribution in [0.15, 0.2) is 70.1 Å². The van der Waals surface area contributed by atoms with Crippen molar-refractivity contribution in [3.05, 3.63) is 92.9 Å². The Morgan fingerprint density at radius 2 is 1.93 bits per heavy atom. The second-order valence-electron chi connectivity index (χ2n) is 6.86. The van der Waals surface area contributed by atoms with E-state index in [9.17, 15) is 9.59 Å². The van der Waals surface area contributed by atoms with Gasteiger partial charge >= 0.3 is 0 Å². The van der Waals surface area contributed by atoms with Crippen LogP contribution in [0.1, 0.15) is 21.7 Å². The number of nitrogens with zero attached hydrogens (tertiary/aromatic N) is 2. The Kier molecular flexibility index (Phi) is 4.90. The van der Waals surface area contributed by atoms with Crippen LogP contribution in [0.4, 0.5) is 5.69 Å². The number of aromatic nitrogens is 2. The van der Waals surface area contributed by atoms with Crippen LogP contribution in [0, 0.1) is 11.7 Å². The summed E-state index contributed by atoms with van der Waals surface area (Å²) >= 11 is 5.19. The van der Waals surface area contributed by atoms with Crippen molar-refractivity contribution in [2.24, 2.45) is 7.05 Å². The molecule has 2 aromatic heterocycles. The van der Waals surface area contributed by atoms with Crippen LogP contribution < -0.4 is 10.5 Å². The maximum Gasteiger partial charge on any atom is 0.261 e. The summed E-state index contributed by atoms with van der Waals surface area (Å²) in [4.78, 5) is 30.5. The van der Waals surface area contributed by atoms with Crippen molar-refractivity contribution in [1.29, 1.82) is 0 Å². The second kappa shape index (κ2) is 7.52. The molecule has 2 heterocycles. The van der Waals surface area contributed by atoms with Crippen molar-refractivity contribution in [2.45, 2.75) is 13.5 Å². The maximum absolute atomic E-state index is 13.4. The van der Waals surface area contributed by atoms with Gasteiger partial charge in [-0.05, 0) is 61.6 Å². The van der Waals surface area contributed by atoms with Crippen molar-refractivity contribution in [1.82, 2.24) is 9.55 Å². The molecule has 0 spiro atoms. The third-order valence-corrected chi connectivity index (χ3v) is 5.21. The summed E-state index contributed by atoms with van der Waals surface area (Å²) in [6.07, 6.45) is 1.58. The summed E-state index contributed by atoms with van der Waals surface area (Å²) in [7, 11) is 1.61. The lowest BCUT2D eigenvalue weighted by molar-refractivity contribution is 0.0983.